The van der Waals surface area contributed by atoms with Gasteiger partial charge in [-0.2, -0.15) is 0 Å². The molecule has 22 heavy (non-hydrogen) atoms. The molecule has 0 aliphatic carbocycles. The van der Waals surface area contributed by atoms with E-state index in [1.165, 1.54) is 6.92 Å². The second-order valence-electron chi connectivity index (χ2n) is 4.65. The first-order valence-corrected chi connectivity index (χ1v) is 7.64. The van der Waals surface area contributed by atoms with Gasteiger partial charge in [-0.05, 0) is 19.9 Å². The molecule has 122 valence electrons. The normalized spacial score (nSPS) is 11.0. The lowest BCUT2D eigenvalue weighted by molar-refractivity contribution is -0.118. The summed E-state index contributed by atoms with van der Waals surface area (Å²) in [6, 6.07) is 7.89. The topological polar surface area (TPSA) is 74.8 Å². The van der Waals surface area contributed by atoms with E-state index in [0.717, 1.165) is 23.8 Å². The van der Waals surface area contributed by atoms with Gasteiger partial charge in [-0.1, -0.05) is 18.2 Å². The average molecular weight is 306 g/mol. The standard InChI is InChI=1S/C16H26N4O2/c1-4-17-16(19-11-10-18-13(3)21)20-12-14-8-6-7-9-15(14)22-5-2/h6-9H,4-5,10-12H2,1-3H3,(H,18,21)(H2,17,19,20). The molecule has 0 aliphatic heterocycles. The molecule has 6 heteroatoms. The molecule has 1 amide bonds. The summed E-state index contributed by atoms with van der Waals surface area (Å²) in [4.78, 5) is 15.4. The van der Waals surface area contributed by atoms with Crippen LogP contribution in [-0.2, 0) is 11.3 Å². The number of nitrogens with zero attached hydrogens (tertiary/aromatic N) is 1. The van der Waals surface area contributed by atoms with Gasteiger partial charge in [0.1, 0.15) is 5.75 Å². The molecular formula is C16H26N4O2. The number of ether oxygens (including phenoxy) is 1. The van der Waals surface area contributed by atoms with Crippen LogP contribution in [-0.4, -0.2) is 38.1 Å². The van der Waals surface area contributed by atoms with E-state index < -0.39 is 0 Å². The van der Waals surface area contributed by atoms with E-state index in [0.29, 0.717) is 26.2 Å². The smallest absolute Gasteiger partial charge is 0.216 e. The summed E-state index contributed by atoms with van der Waals surface area (Å²) in [6.45, 7) is 8.62. The van der Waals surface area contributed by atoms with Crippen molar-refractivity contribution in [1.29, 1.82) is 0 Å². The highest BCUT2D eigenvalue weighted by molar-refractivity contribution is 5.79. The zero-order valence-corrected chi connectivity index (χ0v) is 13.6. The fourth-order valence-corrected chi connectivity index (χ4v) is 1.86. The first-order chi connectivity index (χ1) is 10.7. The molecule has 0 saturated heterocycles. The summed E-state index contributed by atoms with van der Waals surface area (Å²) < 4.78 is 5.60. The van der Waals surface area contributed by atoms with Crippen molar-refractivity contribution in [3.63, 3.8) is 0 Å². The van der Waals surface area contributed by atoms with Crippen molar-refractivity contribution in [2.75, 3.05) is 26.2 Å². The van der Waals surface area contributed by atoms with Crippen LogP contribution in [0.2, 0.25) is 0 Å². The van der Waals surface area contributed by atoms with E-state index in [4.69, 9.17) is 4.74 Å². The molecule has 1 aromatic carbocycles. The lowest BCUT2D eigenvalue weighted by Gasteiger charge is -2.12. The molecule has 0 aliphatic rings. The Balaban J connectivity index is 2.59. The van der Waals surface area contributed by atoms with E-state index in [1.54, 1.807) is 0 Å². The first-order valence-electron chi connectivity index (χ1n) is 7.64. The lowest BCUT2D eigenvalue weighted by Crippen LogP contribution is -2.41. The van der Waals surface area contributed by atoms with Gasteiger partial charge in [-0.25, -0.2) is 4.99 Å². The molecule has 0 aromatic heterocycles. The summed E-state index contributed by atoms with van der Waals surface area (Å²) in [5.74, 6) is 1.55. The van der Waals surface area contributed by atoms with Crippen LogP contribution in [0.4, 0.5) is 0 Å². The zero-order valence-electron chi connectivity index (χ0n) is 13.6. The number of aliphatic imine (C=N–C) groups is 1. The molecule has 0 unspecified atom stereocenters. The molecule has 0 fully saturated rings. The molecule has 1 rings (SSSR count). The van der Waals surface area contributed by atoms with Crippen molar-refractivity contribution in [3.8, 4) is 5.75 Å². The van der Waals surface area contributed by atoms with Crippen LogP contribution < -0.4 is 20.7 Å². The van der Waals surface area contributed by atoms with Gasteiger partial charge in [-0.3, -0.25) is 4.79 Å². The first kappa shape index (κ1) is 17.8. The highest BCUT2D eigenvalue weighted by Gasteiger charge is 2.03. The van der Waals surface area contributed by atoms with E-state index in [-0.39, 0.29) is 5.91 Å². The van der Waals surface area contributed by atoms with Crippen molar-refractivity contribution in [3.05, 3.63) is 29.8 Å². The van der Waals surface area contributed by atoms with E-state index in [9.17, 15) is 4.79 Å². The fraction of sp³-hybridized carbons (Fsp3) is 0.500. The lowest BCUT2D eigenvalue weighted by atomic mass is 10.2. The summed E-state index contributed by atoms with van der Waals surface area (Å²) in [5.41, 5.74) is 1.04. The molecule has 0 spiro atoms. The number of carbonyl (C=O) groups is 1. The Morgan fingerprint density at radius 1 is 1.14 bits per heavy atom. The third kappa shape index (κ3) is 6.97. The van der Waals surface area contributed by atoms with Crippen LogP contribution in [0.15, 0.2) is 29.3 Å². The minimum atomic E-state index is -0.0330. The number of hydrogen-bond acceptors (Lipinski definition) is 3. The van der Waals surface area contributed by atoms with Crippen LogP contribution in [0.5, 0.6) is 5.75 Å². The van der Waals surface area contributed by atoms with Crippen molar-refractivity contribution >= 4 is 11.9 Å². The molecule has 0 atom stereocenters. The second-order valence-corrected chi connectivity index (χ2v) is 4.65. The van der Waals surface area contributed by atoms with Crippen molar-refractivity contribution in [2.45, 2.75) is 27.3 Å². The third-order valence-electron chi connectivity index (χ3n) is 2.82. The Labute approximate surface area is 132 Å². The van der Waals surface area contributed by atoms with Crippen molar-refractivity contribution in [1.82, 2.24) is 16.0 Å². The summed E-state index contributed by atoms with van der Waals surface area (Å²) in [7, 11) is 0. The van der Waals surface area contributed by atoms with Gasteiger partial charge >= 0.3 is 0 Å². The third-order valence-corrected chi connectivity index (χ3v) is 2.82. The van der Waals surface area contributed by atoms with Crippen LogP contribution in [0.25, 0.3) is 0 Å². The van der Waals surface area contributed by atoms with Gasteiger partial charge in [-0.15, -0.1) is 0 Å². The monoisotopic (exact) mass is 306 g/mol. The number of nitrogens with one attached hydrogen (secondary N) is 3. The molecule has 0 saturated carbocycles. The van der Waals surface area contributed by atoms with Gasteiger partial charge in [0.25, 0.3) is 0 Å². The predicted molar refractivity (Wildman–Crippen MR) is 89.1 cm³/mol. The molecular weight excluding hydrogens is 280 g/mol. The zero-order chi connectivity index (χ0) is 16.2. The predicted octanol–water partition coefficient (Wildman–Crippen LogP) is 1.28. The van der Waals surface area contributed by atoms with Crippen molar-refractivity contribution < 1.29 is 9.53 Å². The van der Waals surface area contributed by atoms with Crippen LogP contribution in [0.3, 0.4) is 0 Å². The van der Waals surface area contributed by atoms with Gasteiger partial charge < -0.3 is 20.7 Å². The average Bonchev–Trinajstić information content (AvgIpc) is 2.50. The van der Waals surface area contributed by atoms with Gasteiger partial charge in [0.15, 0.2) is 5.96 Å². The van der Waals surface area contributed by atoms with Gasteiger partial charge in [0, 0.05) is 32.1 Å². The highest BCUT2D eigenvalue weighted by Crippen LogP contribution is 2.18. The van der Waals surface area contributed by atoms with Gasteiger partial charge in [0.2, 0.25) is 5.91 Å². The number of para-hydroxylation sites is 1. The van der Waals surface area contributed by atoms with Crippen molar-refractivity contribution in [2.24, 2.45) is 4.99 Å². The number of amides is 1. The Hall–Kier alpha value is -2.24. The fourth-order valence-electron chi connectivity index (χ4n) is 1.86. The van der Waals surface area contributed by atoms with Gasteiger partial charge in [0.05, 0.1) is 13.2 Å². The number of carbonyl (C=O) groups excluding carboxylic acids is 1. The largest absolute Gasteiger partial charge is 0.494 e. The number of benzene rings is 1. The van der Waals surface area contributed by atoms with Crippen LogP contribution in [0.1, 0.15) is 26.3 Å². The molecule has 0 radical (unpaired) electrons. The van der Waals surface area contributed by atoms with Crippen LogP contribution >= 0.6 is 0 Å². The number of rotatable bonds is 8. The summed E-state index contributed by atoms with van der Waals surface area (Å²) in [5, 5.41) is 9.10. The maximum Gasteiger partial charge on any atom is 0.216 e. The summed E-state index contributed by atoms with van der Waals surface area (Å²) >= 11 is 0. The quantitative estimate of drug-likeness (QED) is 0.384. The molecule has 3 N–H and O–H groups in total. The number of guanidine groups is 1. The Kier molecular flexibility index (Phi) is 8.49. The second kappa shape index (κ2) is 10.5. The SMILES string of the molecule is CCNC(=NCc1ccccc1OCC)NCCNC(C)=O. The van der Waals surface area contributed by atoms with E-state index >= 15 is 0 Å². The van der Waals surface area contributed by atoms with Crippen LogP contribution in [0, 0.1) is 0 Å². The highest BCUT2D eigenvalue weighted by atomic mass is 16.5. The molecule has 1 aromatic rings. The molecule has 0 heterocycles. The minimum Gasteiger partial charge on any atom is -0.494 e. The Morgan fingerprint density at radius 2 is 1.86 bits per heavy atom. The Morgan fingerprint density at radius 3 is 2.55 bits per heavy atom. The number of hydrogen-bond donors (Lipinski definition) is 3. The molecule has 0 bridgehead atoms. The minimum absolute atomic E-state index is 0.0330. The van der Waals surface area contributed by atoms with E-state index in [1.807, 2.05) is 38.1 Å². The van der Waals surface area contributed by atoms with E-state index in [2.05, 4.69) is 20.9 Å². The Bertz CT molecular complexity index is 489. The molecule has 6 nitrogen and oxygen atoms in total. The summed E-state index contributed by atoms with van der Waals surface area (Å²) in [6.07, 6.45) is 0. The maximum absolute atomic E-state index is 10.8. The maximum atomic E-state index is 10.8.